The number of fused-ring (bicyclic) bond motifs is 1. The summed E-state index contributed by atoms with van der Waals surface area (Å²) in [6.07, 6.45) is 0. The number of rotatable bonds is 2. The summed E-state index contributed by atoms with van der Waals surface area (Å²) in [5, 5.41) is 2.87. The molecule has 5 heteroatoms. The normalized spacial score (nSPS) is 12.9. The molecule has 0 saturated carbocycles. The minimum absolute atomic E-state index is 0.178. The van der Waals surface area contributed by atoms with Crippen LogP contribution in [0.25, 0.3) is 0 Å². The average Bonchev–Trinajstić information content (AvgIpc) is 2.50. The lowest BCUT2D eigenvalue weighted by molar-refractivity contribution is 0.102. The van der Waals surface area contributed by atoms with Crippen LogP contribution in [0.2, 0.25) is 0 Å². The zero-order chi connectivity index (χ0) is 14.8. The number of nitrogens with one attached hydrogen (secondary N) is 1. The highest BCUT2D eigenvalue weighted by molar-refractivity contribution is 9.10. The number of carbonyl (C=O) groups excluding carboxylic acids is 1. The SMILES string of the molecule is Cc1ccc(NC(=O)c2ccc3c(c2)OCCO3)cc1Br. The Labute approximate surface area is 131 Å². The molecule has 0 aromatic heterocycles. The topological polar surface area (TPSA) is 47.6 Å². The monoisotopic (exact) mass is 347 g/mol. The van der Waals surface area contributed by atoms with Crippen molar-refractivity contribution in [3.8, 4) is 11.5 Å². The summed E-state index contributed by atoms with van der Waals surface area (Å²) >= 11 is 3.45. The van der Waals surface area contributed by atoms with Crippen molar-refractivity contribution in [2.75, 3.05) is 18.5 Å². The Morgan fingerprint density at radius 1 is 1.10 bits per heavy atom. The van der Waals surface area contributed by atoms with Crippen LogP contribution in [0.3, 0.4) is 0 Å². The van der Waals surface area contributed by atoms with Crippen LogP contribution >= 0.6 is 15.9 Å². The quantitative estimate of drug-likeness (QED) is 0.899. The highest BCUT2D eigenvalue weighted by Crippen LogP contribution is 2.31. The summed E-state index contributed by atoms with van der Waals surface area (Å²) in [4.78, 5) is 12.3. The molecule has 0 unspecified atom stereocenters. The molecule has 3 rings (SSSR count). The molecular formula is C16H14BrNO3. The van der Waals surface area contributed by atoms with Gasteiger partial charge < -0.3 is 14.8 Å². The second kappa shape index (κ2) is 5.77. The average molecular weight is 348 g/mol. The molecule has 0 spiro atoms. The zero-order valence-electron chi connectivity index (χ0n) is 11.5. The van der Waals surface area contributed by atoms with Crippen LogP contribution in [0.1, 0.15) is 15.9 Å². The molecule has 0 radical (unpaired) electrons. The Kier molecular flexibility index (Phi) is 3.84. The van der Waals surface area contributed by atoms with Gasteiger partial charge in [-0.3, -0.25) is 4.79 Å². The second-order valence-corrected chi connectivity index (χ2v) is 5.63. The van der Waals surface area contributed by atoms with E-state index in [1.807, 2.05) is 25.1 Å². The number of halogens is 1. The summed E-state index contributed by atoms with van der Waals surface area (Å²) in [5.41, 5.74) is 2.40. The van der Waals surface area contributed by atoms with Gasteiger partial charge in [-0.1, -0.05) is 22.0 Å². The molecule has 0 atom stereocenters. The molecule has 1 aliphatic rings. The first-order valence-electron chi connectivity index (χ1n) is 6.60. The molecule has 108 valence electrons. The first-order valence-corrected chi connectivity index (χ1v) is 7.40. The lowest BCUT2D eigenvalue weighted by Gasteiger charge is -2.18. The molecule has 1 amide bonds. The lowest BCUT2D eigenvalue weighted by atomic mass is 10.1. The number of carbonyl (C=O) groups is 1. The van der Waals surface area contributed by atoms with Crippen molar-refractivity contribution in [1.82, 2.24) is 0 Å². The number of hydrogen-bond donors (Lipinski definition) is 1. The van der Waals surface area contributed by atoms with E-state index >= 15 is 0 Å². The maximum absolute atomic E-state index is 12.3. The number of amides is 1. The minimum atomic E-state index is -0.178. The van der Waals surface area contributed by atoms with E-state index in [0.717, 1.165) is 15.7 Å². The summed E-state index contributed by atoms with van der Waals surface area (Å²) in [6.45, 7) is 3.04. The van der Waals surface area contributed by atoms with Crippen LogP contribution < -0.4 is 14.8 Å². The van der Waals surface area contributed by atoms with Gasteiger partial charge in [-0.05, 0) is 42.8 Å². The molecule has 0 fully saturated rings. The molecule has 21 heavy (non-hydrogen) atoms. The van der Waals surface area contributed by atoms with Gasteiger partial charge in [0.1, 0.15) is 13.2 Å². The van der Waals surface area contributed by atoms with Gasteiger partial charge in [0.05, 0.1) is 0 Å². The Balaban J connectivity index is 1.80. The number of hydrogen-bond acceptors (Lipinski definition) is 3. The highest BCUT2D eigenvalue weighted by Gasteiger charge is 2.15. The van der Waals surface area contributed by atoms with Crippen LogP contribution in [0.4, 0.5) is 5.69 Å². The van der Waals surface area contributed by atoms with Crippen molar-refractivity contribution < 1.29 is 14.3 Å². The molecule has 1 N–H and O–H groups in total. The Bertz CT molecular complexity index is 700. The molecular weight excluding hydrogens is 334 g/mol. The van der Waals surface area contributed by atoms with E-state index in [0.29, 0.717) is 30.3 Å². The lowest BCUT2D eigenvalue weighted by Crippen LogP contribution is -2.17. The Morgan fingerprint density at radius 3 is 2.62 bits per heavy atom. The van der Waals surface area contributed by atoms with Gasteiger partial charge >= 0.3 is 0 Å². The number of anilines is 1. The van der Waals surface area contributed by atoms with Gasteiger partial charge in [-0.25, -0.2) is 0 Å². The predicted octanol–water partition coefficient (Wildman–Crippen LogP) is 3.78. The standard InChI is InChI=1S/C16H14BrNO3/c1-10-2-4-12(9-13(10)17)18-16(19)11-3-5-14-15(8-11)21-7-6-20-14/h2-5,8-9H,6-7H2,1H3,(H,18,19). The molecule has 1 heterocycles. The molecule has 0 saturated heterocycles. The first-order chi connectivity index (χ1) is 10.1. The predicted molar refractivity (Wildman–Crippen MR) is 84.3 cm³/mol. The second-order valence-electron chi connectivity index (χ2n) is 4.78. The van der Waals surface area contributed by atoms with E-state index in [2.05, 4.69) is 21.2 Å². The summed E-state index contributed by atoms with van der Waals surface area (Å²) in [6, 6.07) is 10.9. The number of aryl methyl sites for hydroxylation is 1. The number of ether oxygens (including phenoxy) is 2. The summed E-state index contributed by atoms with van der Waals surface area (Å²) in [5.74, 6) is 1.11. The largest absolute Gasteiger partial charge is 0.486 e. The van der Waals surface area contributed by atoms with Crippen molar-refractivity contribution in [3.63, 3.8) is 0 Å². The molecule has 0 aliphatic carbocycles. The van der Waals surface area contributed by atoms with E-state index in [9.17, 15) is 4.79 Å². The third-order valence-electron chi connectivity index (χ3n) is 3.23. The van der Waals surface area contributed by atoms with Crippen molar-refractivity contribution in [1.29, 1.82) is 0 Å². The van der Waals surface area contributed by atoms with Crippen LogP contribution in [0.5, 0.6) is 11.5 Å². The highest BCUT2D eigenvalue weighted by atomic mass is 79.9. The van der Waals surface area contributed by atoms with Crippen molar-refractivity contribution >= 4 is 27.5 Å². The van der Waals surface area contributed by atoms with Crippen LogP contribution in [0, 0.1) is 6.92 Å². The minimum Gasteiger partial charge on any atom is -0.486 e. The fraction of sp³-hybridized carbons (Fsp3) is 0.188. The Hall–Kier alpha value is -2.01. The van der Waals surface area contributed by atoms with E-state index in [1.165, 1.54) is 0 Å². The molecule has 2 aromatic rings. The molecule has 1 aliphatic heterocycles. The third-order valence-corrected chi connectivity index (χ3v) is 4.09. The van der Waals surface area contributed by atoms with Crippen molar-refractivity contribution in [2.24, 2.45) is 0 Å². The van der Waals surface area contributed by atoms with Crippen molar-refractivity contribution in [3.05, 3.63) is 52.0 Å². The van der Waals surface area contributed by atoms with Crippen LogP contribution in [-0.2, 0) is 0 Å². The van der Waals surface area contributed by atoms with Crippen LogP contribution in [0.15, 0.2) is 40.9 Å². The molecule has 0 bridgehead atoms. The van der Waals surface area contributed by atoms with Gasteiger partial charge in [-0.2, -0.15) is 0 Å². The fourth-order valence-electron chi connectivity index (χ4n) is 2.06. The summed E-state index contributed by atoms with van der Waals surface area (Å²) in [7, 11) is 0. The van der Waals surface area contributed by atoms with E-state index in [1.54, 1.807) is 18.2 Å². The number of benzene rings is 2. The maximum atomic E-state index is 12.3. The van der Waals surface area contributed by atoms with Crippen LogP contribution in [-0.4, -0.2) is 19.1 Å². The fourth-order valence-corrected chi connectivity index (χ4v) is 2.44. The van der Waals surface area contributed by atoms with Gasteiger partial charge in [0.15, 0.2) is 11.5 Å². The van der Waals surface area contributed by atoms with E-state index in [4.69, 9.17) is 9.47 Å². The summed E-state index contributed by atoms with van der Waals surface area (Å²) < 4.78 is 11.9. The third kappa shape index (κ3) is 3.03. The van der Waals surface area contributed by atoms with Gasteiger partial charge in [0.25, 0.3) is 5.91 Å². The smallest absolute Gasteiger partial charge is 0.255 e. The van der Waals surface area contributed by atoms with Gasteiger partial charge in [-0.15, -0.1) is 0 Å². The molecule has 4 nitrogen and oxygen atoms in total. The van der Waals surface area contributed by atoms with Gasteiger partial charge in [0, 0.05) is 15.7 Å². The Morgan fingerprint density at radius 2 is 1.86 bits per heavy atom. The van der Waals surface area contributed by atoms with Gasteiger partial charge in [0.2, 0.25) is 0 Å². The maximum Gasteiger partial charge on any atom is 0.255 e. The van der Waals surface area contributed by atoms with E-state index < -0.39 is 0 Å². The molecule has 2 aromatic carbocycles. The van der Waals surface area contributed by atoms with E-state index in [-0.39, 0.29) is 5.91 Å². The first kappa shape index (κ1) is 13.9. The van der Waals surface area contributed by atoms with Crippen molar-refractivity contribution in [2.45, 2.75) is 6.92 Å². The zero-order valence-corrected chi connectivity index (χ0v) is 13.1.